The van der Waals surface area contributed by atoms with Crippen molar-refractivity contribution in [1.82, 2.24) is 0 Å². The molecule has 8 heteroatoms. The Bertz CT molecular complexity index is 1050. The molecule has 0 amide bonds. The van der Waals surface area contributed by atoms with E-state index < -0.39 is 11.3 Å². The van der Waals surface area contributed by atoms with Crippen LogP contribution in [-0.4, -0.2) is 50.3 Å². The van der Waals surface area contributed by atoms with Gasteiger partial charge in [-0.05, 0) is 180 Å². The smallest absolute Gasteiger partial charge is 0.154 e. The van der Waals surface area contributed by atoms with Gasteiger partial charge in [-0.2, -0.15) is 10.5 Å². The van der Waals surface area contributed by atoms with Crippen LogP contribution in [0.2, 0.25) is 0 Å². The molecule has 2 heterocycles. The molecular weight excluding hydrogens is 791 g/mol. The van der Waals surface area contributed by atoms with Gasteiger partial charge in [-0.25, -0.2) is 8.78 Å². The quantitative estimate of drug-likeness (QED) is 0.241. The van der Waals surface area contributed by atoms with Gasteiger partial charge in [-0.15, -0.1) is 0 Å². The molecule has 0 aromatic heterocycles. The predicted molar refractivity (Wildman–Crippen MR) is 262 cm³/mol. The van der Waals surface area contributed by atoms with E-state index in [0.29, 0.717) is 11.8 Å². The van der Waals surface area contributed by atoms with E-state index in [1.54, 1.807) is 13.8 Å². The number of rotatable bonds is 0. The van der Waals surface area contributed by atoms with E-state index >= 15 is 0 Å². The summed E-state index contributed by atoms with van der Waals surface area (Å²) in [6, 6.07) is 4.80. The number of alkyl halides is 2. The molecule has 2 saturated heterocycles. The van der Waals surface area contributed by atoms with Crippen molar-refractivity contribution in [2.45, 2.75) is 257 Å². The molecule has 0 radical (unpaired) electrons. The van der Waals surface area contributed by atoms with Crippen LogP contribution in [0.3, 0.4) is 0 Å². The van der Waals surface area contributed by atoms with Crippen LogP contribution in [0.1, 0.15) is 233 Å². The van der Waals surface area contributed by atoms with Crippen LogP contribution >= 0.6 is 0 Å². The standard InChI is InChI=1S/2C9H15N.2C8H15F.C8H16.2C6H12O2.CH4/c2*1-8-3-5-9(2,7-10)6-4-8;2*1-7-3-5-8(2,9)6-4-7;1-7-3-5-8(2)6-4-7;2*1-5-3-7-6(2)8-4-5;/h2*8H,3-6H2,1-2H3;2*7H,3-6H2,1-2H3;7-8H,3-6H2,1-2H3;2*5-6H,3-4H2,1-2H3;1H4. The number of ether oxygens (including phenoxy) is 4. The fraction of sp³-hybridized carbons (Fsp3) is 0.964. The van der Waals surface area contributed by atoms with E-state index in [-0.39, 0.29) is 30.8 Å². The fourth-order valence-electron chi connectivity index (χ4n) is 8.57. The third kappa shape index (κ3) is 30.6. The zero-order valence-corrected chi connectivity index (χ0v) is 43.0. The zero-order chi connectivity index (χ0) is 47.0. The first kappa shape index (κ1) is 61.7. The van der Waals surface area contributed by atoms with E-state index in [1.165, 1.54) is 51.4 Å². The molecule has 0 aromatic rings. The molecule has 372 valence electrons. The molecule has 7 aliphatic rings. The van der Waals surface area contributed by atoms with Crippen molar-refractivity contribution in [3.63, 3.8) is 0 Å². The van der Waals surface area contributed by atoms with E-state index in [0.717, 1.165) is 139 Å². The van der Waals surface area contributed by atoms with Crippen molar-refractivity contribution < 1.29 is 27.7 Å². The van der Waals surface area contributed by atoms with Crippen LogP contribution in [0.5, 0.6) is 0 Å². The van der Waals surface area contributed by atoms with E-state index in [2.05, 4.69) is 81.4 Å². The average Bonchev–Trinajstić information content (AvgIpc) is 3.24. The van der Waals surface area contributed by atoms with Crippen molar-refractivity contribution in [2.75, 3.05) is 26.4 Å². The molecule has 0 N–H and O–H groups in total. The highest BCUT2D eigenvalue weighted by molar-refractivity contribution is 4.98. The number of halogens is 2. The number of nitrogens with zero attached hydrogens (tertiary/aromatic N) is 2. The first-order valence-corrected chi connectivity index (χ1v) is 25.6. The Hall–Kier alpha value is -1.32. The van der Waals surface area contributed by atoms with Crippen molar-refractivity contribution in [1.29, 1.82) is 10.5 Å². The van der Waals surface area contributed by atoms with Gasteiger partial charge in [-0.3, -0.25) is 0 Å². The van der Waals surface area contributed by atoms with E-state index in [4.69, 9.17) is 29.5 Å². The Morgan fingerprint density at radius 1 is 0.349 bits per heavy atom. The van der Waals surface area contributed by atoms with Crippen LogP contribution in [-0.2, 0) is 18.9 Å². The average molecular weight is 895 g/mol. The second-order valence-electron chi connectivity index (χ2n) is 22.9. The summed E-state index contributed by atoms with van der Waals surface area (Å²) in [7, 11) is 0. The van der Waals surface area contributed by atoms with E-state index in [1.807, 2.05) is 13.8 Å². The lowest BCUT2D eigenvalue weighted by Crippen LogP contribution is -2.27. The minimum absolute atomic E-state index is 0. The molecule has 5 aliphatic carbocycles. The van der Waals surface area contributed by atoms with Gasteiger partial charge in [-0.1, -0.05) is 88.5 Å². The summed E-state index contributed by atoms with van der Waals surface area (Å²) in [5, 5.41) is 17.6. The lowest BCUT2D eigenvalue weighted by Gasteiger charge is -2.29. The number of hydrogen-bond acceptors (Lipinski definition) is 6. The Balaban J connectivity index is 0.000000711. The highest BCUT2D eigenvalue weighted by atomic mass is 19.1. The van der Waals surface area contributed by atoms with Crippen LogP contribution < -0.4 is 0 Å². The normalized spacial score (nSPS) is 40.9. The van der Waals surface area contributed by atoms with E-state index in [9.17, 15) is 8.78 Å². The van der Waals surface area contributed by atoms with Gasteiger partial charge in [0.2, 0.25) is 0 Å². The van der Waals surface area contributed by atoms with Gasteiger partial charge in [0.1, 0.15) is 11.3 Å². The van der Waals surface area contributed by atoms with Crippen molar-refractivity contribution in [3.8, 4) is 12.1 Å². The van der Waals surface area contributed by atoms with Gasteiger partial charge in [0.05, 0.1) is 49.4 Å². The maximum absolute atomic E-state index is 13.0. The molecule has 2 aliphatic heterocycles. The Morgan fingerprint density at radius 2 is 0.540 bits per heavy atom. The van der Waals surface area contributed by atoms with Crippen LogP contribution in [0.15, 0.2) is 0 Å². The third-order valence-electron chi connectivity index (χ3n) is 14.7. The second kappa shape index (κ2) is 31.6. The molecule has 0 aromatic carbocycles. The first-order chi connectivity index (χ1) is 28.9. The Labute approximate surface area is 390 Å². The molecule has 6 nitrogen and oxygen atoms in total. The van der Waals surface area contributed by atoms with Crippen molar-refractivity contribution in [2.24, 2.45) is 58.2 Å². The highest BCUT2D eigenvalue weighted by Crippen LogP contribution is 2.39. The third-order valence-corrected chi connectivity index (χ3v) is 14.7. The maximum Gasteiger partial charge on any atom is 0.154 e. The number of hydrogen-bond donors (Lipinski definition) is 0. The summed E-state index contributed by atoms with van der Waals surface area (Å²) in [4.78, 5) is 0. The minimum Gasteiger partial charge on any atom is -0.353 e. The molecule has 0 spiro atoms. The van der Waals surface area contributed by atoms with Crippen molar-refractivity contribution in [3.05, 3.63) is 0 Å². The number of nitriles is 2. The molecular formula is C55H104F2N2O4. The highest BCUT2D eigenvalue weighted by Gasteiger charge is 2.31. The van der Waals surface area contributed by atoms with Gasteiger partial charge in [0, 0.05) is 11.8 Å². The van der Waals surface area contributed by atoms with Gasteiger partial charge in [0.15, 0.2) is 12.6 Å². The summed E-state index contributed by atoms with van der Waals surface area (Å²) in [5.74, 6) is 6.40. The predicted octanol–water partition coefficient (Wildman–Crippen LogP) is 16.8. The molecule has 5 saturated carbocycles. The molecule has 0 atom stereocenters. The van der Waals surface area contributed by atoms with Gasteiger partial charge < -0.3 is 18.9 Å². The first-order valence-electron chi connectivity index (χ1n) is 25.6. The Kier molecular flexibility index (Phi) is 31.0. The summed E-state index contributed by atoms with van der Waals surface area (Å²) in [6.07, 6.45) is 22.7. The lowest BCUT2D eigenvalue weighted by atomic mass is 9.73. The summed E-state index contributed by atoms with van der Waals surface area (Å²) in [5.41, 5.74) is -1.67. The molecule has 7 fully saturated rings. The molecule has 0 bridgehead atoms. The molecule has 0 unspecified atom stereocenters. The van der Waals surface area contributed by atoms with Crippen molar-refractivity contribution >= 4 is 0 Å². The summed E-state index contributed by atoms with van der Waals surface area (Å²) >= 11 is 0. The zero-order valence-electron chi connectivity index (χ0n) is 43.0. The molecule has 63 heavy (non-hydrogen) atoms. The summed E-state index contributed by atoms with van der Waals surface area (Å²) in [6.45, 7) is 32.8. The SMILES string of the molecule is C.CC1CCC(C)(C#N)CC1.CC1CCC(C)(C#N)CC1.CC1CCC(C)(F)CC1.CC1CCC(C)(F)CC1.CC1CCC(C)CC1.CC1COC(C)OC1.CC1COC(C)OC1. The molecule has 7 rings (SSSR count). The maximum atomic E-state index is 13.0. The van der Waals surface area contributed by atoms with Crippen LogP contribution in [0.25, 0.3) is 0 Å². The van der Waals surface area contributed by atoms with Crippen LogP contribution in [0, 0.1) is 80.8 Å². The van der Waals surface area contributed by atoms with Gasteiger partial charge in [0.25, 0.3) is 0 Å². The topological polar surface area (TPSA) is 84.5 Å². The van der Waals surface area contributed by atoms with Crippen LogP contribution in [0.4, 0.5) is 8.78 Å². The van der Waals surface area contributed by atoms with Gasteiger partial charge >= 0.3 is 0 Å². The fourth-order valence-corrected chi connectivity index (χ4v) is 8.57. The lowest BCUT2D eigenvalue weighted by molar-refractivity contribution is -0.187. The second-order valence-corrected chi connectivity index (χ2v) is 22.9. The Morgan fingerprint density at radius 3 is 0.714 bits per heavy atom. The summed E-state index contributed by atoms with van der Waals surface area (Å²) < 4.78 is 46.8. The minimum atomic E-state index is -0.841. The monoisotopic (exact) mass is 895 g/mol. The largest absolute Gasteiger partial charge is 0.353 e.